The van der Waals surface area contributed by atoms with Gasteiger partial charge in [-0.1, -0.05) is 6.08 Å². The van der Waals surface area contributed by atoms with E-state index in [-0.39, 0.29) is 10.8 Å². The summed E-state index contributed by atoms with van der Waals surface area (Å²) in [5.41, 5.74) is 2.01. The quantitative estimate of drug-likeness (QED) is 0.717. The highest BCUT2D eigenvalue weighted by atomic mass is 32.2. The standard InChI is InChI=1S/C20H23N3O3S/c1-2-13-21-17-7-9-18(10-8-17)22-20(24)16-5-11-19(12-6-16)27(25,26)23-14-3-4-15-23/h2,5-12,21H,1,3-4,13-15H2,(H,22,24). The molecule has 0 spiro atoms. The Kier molecular flexibility index (Phi) is 5.93. The van der Waals surface area contributed by atoms with Crippen LogP contribution in [0.25, 0.3) is 0 Å². The summed E-state index contributed by atoms with van der Waals surface area (Å²) in [5, 5.41) is 5.97. The van der Waals surface area contributed by atoms with Gasteiger partial charge in [0, 0.05) is 36.6 Å². The molecule has 0 aliphatic carbocycles. The molecular weight excluding hydrogens is 362 g/mol. The third-order valence-corrected chi connectivity index (χ3v) is 6.33. The lowest BCUT2D eigenvalue weighted by Crippen LogP contribution is -2.27. The Morgan fingerprint density at radius 1 is 1.00 bits per heavy atom. The SMILES string of the molecule is C=CCNc1ccc(NC(=O)c2ccc(S(=O)(=O)N3CCCC3)cc2)cc1. The van der Waals surface area contributed by atoms with Crippen molar-refractivity contribution in [1.82, 2.24) is 4.31 Å². The van der Waals surface area contributed by atoms with Crippen LogP contribution in [-0.4, -0.2) is 38.3 Å². The largest absolute Gasteiger partial charge is 0.382 e. The minimum atomic E-state index is -3.46. The Balaban J connectivity index is 1.66. The van der Waals surface area contributed by atoms with E-state index < -0.39 is 10.0 Å². The number of benzene rings is 2. The predicted octanol–water partition coefficient (Wildman–Crippen LogP) is 3.32. The van der Waals surface area contributed by atoms with Gasteiger partial charge in [0.2, 0.25) is 10.0 Å². The summed E-state index contributed by atoms with van der Waals surface area (Å²) >= 11 is 0. The fourth-order valence-corrected chi connectivity index (χ4v) is 4.44. The van der Waals surface area contributed by atoms with E-state index in [0.29, 0.717) is 30.9 Å². The number of nitrogens with zero attached hydrogens (tertiary/aromatic N) is 1. The van der Waals surface area contributed by atoms with Gasteiger partial charge in [-0.05, 0) is 61.4 Å². The zero-order valence-electron chi connectivity index (χ0n) is 15.0. The molecule has 7 heteroatoms. The molecule has 1 heterocycles. The number of rotatable bonds is 7. The summed E-state index contributed by atoms with van der Waals surface area (Å²) in [6, 6.07) is 13.4. The second-order valence-corrected chi connectivity index (χ2v) is 8.27. The number of hydrogen-bond acceptors (Lipinski definition) is 4. The average molecular weight is 385 g/mol. The average Bonchev–Trinajstić information content (AvgIpc) is 3.23. The van der Waals surface area contributed by atoms with Crippen LogP contribution in [-0.2, 0) is 10.0 Å². The predicted molar refractivity (Wildman–Crippen MR) is 108 cm³/mol. The first-order valence-electron chi connectivity index (χ1n) is 8.87. The van der Waals surface area contributed by atoms with Crippen molar-refractivity contribution in [2.24, 2.45) is 0 Å². The third kappa shape index (κ3) is 4.56. The molecule has 2 aromatic carbocycles. The minimum Gasteiger partial charge on any atom is -0.382 e. The smallest absolute Gasteiger partial charge is 0.255 e. The van der Waals surface area contributed by atoms with E-state index in [1.165, 1.54) is 28.6 Å². The van der Waals surface area contributed by atoms with Crippen molar-refractivity contribution in [2.45, 2.75) is 17.7 Å². The highest BCUT2D eigenvalue weighted by Crippen LogP contribution is 2.21. The normalized spacial score (nSPS) is 14.7. The lowest BCUT2D eigenvalue weighted by molar-refractivity contribution is 0.102. The number of hydrogen-bond donors (Lipinski definition) is 2. The van der Waals surface area contributed by atoms with Gasteiger partial charge in [0.15, 0.2) is 0 Å². The van der Waals surface area contributed by atoms with Crippen molar-refractivity contribution in [3.8, 4) is 0 Å². The fourth-order valence-electron chi connectivity index (χ4n) is 2.92. The van der Waals surface area contributed by atoms with Crippen LogP contribution in [0.4, 0.5) is 11.4 Å². The molecule has 27 heavy (non-hydrogen) atoms. The maximum atomic E-state index is 12.5. The van der Waals surface area contributed by atoms with Crippen LogP contribution in [0.3, 0.4) is 0 Å². The molecular formula is C20H23N3O3S. The molecule has 6 nitrogen and oxygen atoms in total. The monoisotopic (exact) mass is 385 g/mol. The zero-order valence-corrected chi connectivity index (χ0v) is 15.8. The van der Waals surface area contributed by atoms with Crippen molar-refractivity contribution in [3.63, 3.8) is 0 Å². The topological polar surface area (TPSA) is 78.5 Å². The number of amides is 1. The molecule has 2 aromatic rings. The summed E-state index contributed by atoms with van der Waals surface area (Å²) in [6.07, 6.45) is 3.55. The van der Waals surface area contributed by atoms with Crippen molar-refractivity contribution < 1.29 is 13.2 Å². The van der Waals surface area contributed by atoms with Gasteiger partial charge in [0.25, 0.3) is 5.91 Å². The van der Waals surface area contributed by atoms with E-state index in [0.717, 1.165) is 18.5 Å². The summed E-state index contributed by atoms with van der Waals surface area (Å²) < 4.78 is 26.5. The minimum absolute atomic E-state index is 0.221. The van der Waals surface area contributed by atoms with Gasteiger partial charge in [0.05, 0.1) is 4.90 Å². The first kappa shape index (κ1) is 19.1. The maximum Gasteiger partial charge on any atom is 0.255 e. The van der Waals surface area contributed by atoms with E-state index in [1.807, 2.05) is 12.1 Å². The van der Waals surface area contributed by atoms with E-state index in [4.69, 9.17) is 0 Å². The number of anilines is 2. The Hall–Kier alpha value is -2.64. The van der Waals surface area contributed by atoms with Crippen LogP contribution in [0.15, 0.2) is 66.1 Å². The fraction of sp³-hybridized carbons (Fsp3) is 0.250. The van der Waals surface area contributed by atoms with E-state index in [1.54, 1.807) is 18.2 Å². The van der Waals surface area contributed by atoms with E-state index >= 15 is 0 Å². The highest BCUT2D eigenvalue weighted by molar-refractivity contribution is 7.89. The second kappa shape index (κ2) is 8.37. The van der Waals surface area contributed by atoms with Gasteiger partial charge in [-0.3, -0.25) is 4.79 Å². The van der Waals surface area contributed by atoms with Gasteiger partial charge < -0.3 is 10.6 Å². The van der Waals surface area contributed by atoms with Crippen LogP contribution in [0.5, 0.6) is 0 Å². The van der Waals surface area contributed by atoms with Crippen molar-refractivity contribution in [2.75, 3.05) is 30.3 Å². The number of sulfonamides is 1. The van der Waals surface area contributed by atoms with E-state index in [9.17, 15) is 13.2 Å². The molecule has 1 saturated heterocycles. The lowest BCUT2D eigenvalue weighted by atomic mass is 10.2. The molecule has 0 bridgehead atoms. The van der Waals surface area contributed by atoms with E-state index in [2.05, 4.69) is 17.2 Å². The molecule has 1 aliphatic rings. The Morgan fingerprint density at radius 3 is 2.19 bits per heavy atom. The van der Waals surface area contributed by atoms with Crippen LogP contribution in [0, 0.1) is 0 Å². The van der Waals surface area contributed by atoms with Crippen molar-refractivity contribution >= 4 is 27.3 Å². The first-order valence-corrected chi connectivity index (χ1v) is 10.3. The van der Waals surface area contributed by atoms with Gasteiger partial charge in [-0.2, -0.15) is 4.31 Å². The van der Waals surface area contributed by atoms with Crippen molar-refractivity contribution in [1.29, 1.82) is 0 Å². The van der Waals surface area contributed by atoms with Crippen LogP contribution < -0.4 is 10.6 Å². The third-order valence-electron chi connectivity index (χ3n) is 4.41. The van der Waals surface area contributed by atoms with Gasteiger partial charge in [-0.25, -0.2) is 8.42 Å². The molecule has 0 saturated carbocycles. The molecule has 3 rings (SSSR count). The lowest BCUT2D eigenvalue weighted by Gasteiger charge is -2.15. The highest BCUT2D eigenvalue weighted by Gasteiger charge is 2.27. The molecule has 1 amide bonds. The summed E-state index contributed by atoms with van der Waals surface area (Å²) in [4.78, 5) is 12.6. The molecule has 142 valence electrons. The molecule has 1 aliphatic heterocycles. The Morgan fingerprint density at radius 2 is 1.59 bits per heavy atom. The summed E-state index contributed by atoms with van der Waals surface area (Å²) in [6.45, 7) is 5.43. The number of nitrogens with one attached hydrogen (secondary N) is 2. The second-order valence-electron chi connectivity index (χ2n) is 6.34. The van der Waals surface area contributed by atoms with Gasteiger partial charge in [-0.15, -0.1) is 6.58 Å². The van der Waals surface area contributed by atoms with Crippen molar-refractivity contribution in [3.05, 3.63) is 66.7 Å². The molecule has 0 atom stereocenters. The summed E-state index contributed by atoms with van der Waals surface area (Å²) in [7, 11) is -3.46. The molecule has 0 radical (unpaired) electrons. The first-order chi connectivity index (χ1) is 13.0. The molecule has 0 unspecified atom stereocenters. The molecule has 1 fully saturated rings. The van der Waals surface area contributed by atoms with Crippen LogP contribution in [0.2, 0.25) is 0 Å². The van der Waals surface area contributed by atoms with Gasteiger partial charge >= 0.3 is 0 Å². The molecule has 0 aromatic heterocycles. The molecule has 2 N–H and O–H groups in total. The van der Waals surface area contributed by atoms with Gasteiger partial charge in [0.1, 0.15) is 0 Å². The number of carbonyl (C=O) groups excluding carboxylic acids is 1. The zero-order chi connectivity index (χ0) is 19.3. The maximum absolute atomic E-state index is 12.5. The Bertz CT molecular complexity index is 900. The Labute approximate surface area is 159 Å². The number of carbonyl (C=O) groups is 1. The van der Waals surface area contributed by atoms with Crippen LogP contribution in [0.1, 0.15) is 23.2 Å². The summed E-state index contributed by atoms with van der Waals surface area (Å²) in [5.74, 6) is -0.285. The van der Waals surface area contributed by atoms with Crippen LogP contribution >= 0.6 is 0 Å².